The zero-order valence-corrected chi connectivity index (χ0v) is 12.9. The van der Waals surface area contributed by atoms with Gasteiger partial charge in [0.15, 0.2) is 5.16 Å². The summed E-state index contributed by atoms with van der Waals surface area (Å²) in [4.78, 5) is 2.29. The summed E-state index contributed by atoms with van der Waals surface area (Å²) in [5.74, 6) is 1.05. The number of nitrogens with zero attached hydrogens (tertiary/aromatic N) is 4. The van der Waals surface area contributed by atoms with Crippen molar-refractivity contribution in [3.8, 4) is 0 Å². The summed E-state index contributed by atoms with van der Waals surface area (Å²) in [6.07, 6.45) is 5.86. The van der Waals surface area contributed by atoms with Gasteiger partial charge in [0, 0.05) is 6.61 Å². The number of rotatable bonds is 7. The smallest absolute Gasteiger partial charge is 0.191 e. The van der Waals surface area contributed by atoms with Crippen molar-refractivity contribution in [3.63, 3.8) is 0 Å². The number of thioether (sulfide) groups is 1. The topological polar surface area (TPSA) is 43.2 Å². The Bertz CT molecular complexity index is 390. The van der Waals surface area contributed by atoms with Crippen LogP contribution in [-0.2, 0) is 17.8 Å². The first-order valence-electron chi connectivity index (χ1n) is 7.00. The molecule has 19 heavy (non-hydrogen) atoms. The summed E-state index contributed by atoms with van der Waals surface area (Å²) in [7, 11) is 2.13. The molecule has 1 aromatic rings. The second-order valence-corrected chi connectivity index (χ2v) is 5.86. The predicted molar refractivity (Wildman–Crippen MR) is 77.4 cm³/mol. The lowest BCUT2D eigenvalue weighted by Crippen LogP contribution is -2.24. The SMILES string of the molecule is CCCN(C)Cc1nnc(SC)n1CC1CCCO1. The van der Waals surface area contributed by atoms with E-state index in [2.05, 4.69) is 39.9 Å². The molecule has 1 aliphatic heterocycles. The minimum absolute atomic E-state index is 0.331. The molecule has 0 bridgehead atoms. The van der Waals surface area contributed by atoms with Gasteiger partial charge in [-0.2, -0.15) is 0 Å². The summed E-state index contributed by atoms with van der Waals surface area (Å²) in [5.41, 5.74) is 0. The quantitative estimate of drug-likeness (QED) is 0.717. The average Bonchev–Trinajstić information content (AvgIpc) is 3.01. The standard InChI is InChI=1S/C13H24N4OS/c1-4-7-16(2)10-12-14-15-13(19-3)17(12)9-11-6-5-8-18-11/h11H,4-10H2,1-3H3. The van der Waals surface area contributed by atoms with Crippen LogP contribution in [0.25, 0.3) is 0 Å². The van der Waals surface area contributed by atoms with E-state index in [0.717, 1.165) is 50.1 Å². The van der Waals surface area contributed by atoms with E-state index in [4.69, 9.17) is 4.74 Å². The van der Waals surface area contributed by atoms with Gasteiger partial charge in [0.25, 0.3) is 0 Å². The maximum atomic E-state index is 5.73. The second-order valence-electron chi connectivity index (χ2n) is 5.09. The van der Waals surface area contributed by atoms with Crippen molar-refractivity contribution >= 4 is 11.8 Å². The molecule has 0 spiro atoms. The van der Waals surface area contributed by atoms with E-state index >= 15 is 0 Å². The molecule has 1 unspecified atom stereocenters. The number of hydrogen-bond donors (Lipinski definition) is 0. The van der Waals surface area contributed by atoms with Gasteiger partial charge in [0.1, 0.15) is 5.82 Å². The van der Waals surface area contributed by atoms with E-state index in [9.17, 15) is 0 Å². The maximum absolute atomic E-state index is 5.73. The summed E-state index contributed by atoms with van der Waals surface area (Å²) in [5, 5.41) is 9.63. The van der Waals surface area contributed by atoms with Gasteiger partial charge in [-0.15, -0.1) is 10.2 Å². The van der Waals surface area contributed by atoms with Crippen molar-refractivity contribution in [2.45, 2.75) is 50.5 Å². The number of ether oxygens (including phenoxy) is 1. The lowest BCUT2D eigenvalue weighted by molar-refractivity contribution is 0.0935. The first-order valence-corrected chi connectivity index (χ1v) is 8.23. The first kappa shape index (κ1) is 14.8. The van der Waals surface area contributed by atoms with Crippen LogP contribution in [0.2, 0.25) is 0 Å². The Balaban J connectivity index is 2.06. The van der Waals surface area contributed by atoms with Gasteiger partial charge in [-0.05, 0) is 39.1 Å². The van der Waals surface area contributed by atoms with Crippen molar-refractivity contribution in [1.82, 2.24) is 19.7 Å². The Morgan fingerprint density at radius 1 is 1.47 bits per heavy atom. The van der Waals surface area contributed by atoms with Gasteiger partial charge >= 0.3 is 0 Å². The molecule has 2 rings (SSSR count). The van der Waals surface area contributed by atoms with E-state index in [1.165, 1.54) is 6.42 Å². The van der Waals surface area contributed by atoms with Crippen LogP contribution in [0.15, 0.2) is 5.16 Å². The highest BCUT2D eigenvalue weighted by Gasteiger charge is 2.20. The first-order chi connectivity index (χ1) is 9.24. The van der Waals surface area contributed by atoms with Gasteiger partial charge in [0.05, 0.1) is 19.2 Å². The van der Waals surface area contributed by atoms with Crippen molar-refractivity contribution in [2.75, 3.05) is 26.5 Å². The molecule has 0 radical (unpaired) electrons. The number of aromatic nitrogens is 3. The predicted octanol–water partition coefficient (Wildman–Crippen LogP) is 2.02. The molecule has 1 saturated heterocycles. The lowest BCUT2D eigenvalue weighted by atomic mass is 10.2. The normalized spacial score (nSPS) is 19.5. The van der Waals surface area contributed by atoms with Crippen molar-refractivity contribution < 1.29 is 4.74 Å². The Hall–Kier alpha value is -0.590. The van der Waals surface area contributed by atoms with Gasteiger partial charge < -0.3 is 9.30 Å². The molecular formula is C13H24N4OS. The molecule has 1 aliphatic rings. The molecule has 6 heteroatoms. The maximum Gasteiger partial charge on any atom is 0.191 e. The number of hydrogen-bond acceptors (Lipinski definition) is 5. The Morgan fingerprint density at radius 3 is 2.95 bits per heavy atom. The fourth-order valence-electron chi connectivity index (χ4n) is 2.46. The molecule has 108 valence electrons. The van der Waals surface area contributed by atoms with E-state index in [0.29, 0.717) is 6.10 Å². The molecule has 0 aromatic carbocycles. The third-order valence-corrected chi connectivity index (χ3v) is 4.07. The fraction of sp³-hybridized carbons (Fsp3) is 0.846. The van der Waals surface area contributed by atoms with Crippen LogP contribution < -0.4 is 0 Å². The highest BCUT2D eigenvalue weighted by molar-refractivity contribution is 7.98. The van der Waals surface area contributed by atoms with E-state index in [1.807, 2.05) is 0 Å². The van der Waals surface area contributed by atoms with Crippen LogP contribution in [0.5, 0.6) is 0 Å². The second kappa shape index (κ2) is 7.26. The third kappa shape index (κ3) is 3.94. The monoisotopic (exact) mass is 284 g/mol. The minimum atomic E-state index is 0.331. The average molecular weight is 284 g/mol. The van der Waals surface area contributed by atoms with E-state index in [1.54, 1.807) is 11.8 Å². The molecule has 0 aliphatic carbocycles. The fourth-order valence-corrected chi connectivity index (χ4v) is 2.99. The van der Waals surface area contributed by atoms with Crippen LogP contribution in [-0.4, -0.2) is 52.2 Å². The molecule has 2 heterocycles. The summed E-state index contributed by atoms with van der Waals surface area (Å²) >= 11 is 1.66. The highest BCUT2D eigenvalue weighted by Crippen LogP contribution is 2.20. The van der Waals surface area contributed by atoms with Gasteiger partial charge in [0.2, 0.25) is 0 Å². The Kier molecular flexibility index (Phi) is 5.66. The van der Waals surface area contributed by atoms with Crippen LogP contribution in [0.1, 0.15) is 32.0 Å². The van der Waals surface area contributed by atoms with Gasteiger partial charge in [-0.25, -0.2) is 0 Å². The zero-order chi connectivity index (χ0) is 13.7. The van der Waals surface area contributed by atoms with Crippen LogP contribution in [0.3, 0.4) is 0 Å². The third-order valence-electron chi connectivity index (χ3n) is 3.40. The van der Waals surface area contributed by atoms with Gasteiger partial charge in [-0.1, -0.05) is 18.7 Å². The van der Waals surface area contributed by atoms with E-state index < -0.39 is 0 Å². The minimum Gasteiger partial charge on any atom is -0.376 e. The zero-order valence-electron chi connectivity index (χ0n) is 12.1. The lowest BCUT2D eigenvalue weighted by Gasteiger charge is -2.18. The van der Waals surface area contributed by atoms with E-state index in [-0.39, 0.29) is 0 Å². The molecule has 0 saturated carbocycles. The van der Waals surface area contributed by atoms with Crippen molar-refractivity contribution in [3.05, 3.63) is 5.82 Å². The summed E-state index contributed by atoms with van der Waals surface area (Å²) < 4.78 is 7.96. The van der Waals surface area contributed by atoms with Crippen molar-refractivity contribution in [2.24, 2.45) is 0 Å². The highest BCUT2D eigenvalue weighted by atomic mass is 32.2. The van der Waals surface area contributed by atoms with Gasteiger partial charge in [-0.3, -0.25) is 4.90 Å². The molecular weight excluding hydrogens is 260 g/mol. The molecule has 1 aromatic heterocycles. The van der Waals surface area contributed by atoms with Crippen LogP contribution in [0.4, 0.5) is 0 Å². The summed E-state index contributed by atoms with van der Waals surface area (Å²) in [6, 6.07) is 0. The van der Waals surface area contributed by atoms with Crippen molar-refractivity contribution in [1.29, 1.82) is 0 Å². The Labute approximate surface area is 119 Å². The molecule has 1 atom stereocenters. The molecule has 0 amide bonds. The van der Waals surface area contributed by atoms with Crippen LogP contribution >= 0.6 is 11.8 Å². The summed E-state index contributed by atoms with van der Waals surface area (Å²) in [6.45, 7) is 5.92. The largest absolute Gasteiger partial charge is 0.376 e. The molecule has 5 nitrogen and oxygen atoms in total. The molecule has 0 N–H and O–H groups in total. The molecule has 1 fully saturated rings. The van der Waals surface area contributed by atoms with Crippen LogP contribution in [0, 0.1) is 0 Å². The Morgan fingerprint density at radius 2 is 2.32 bits per heavy atom.